The maximum Gasteiger partial charge on any atom is 0.193 e. The topological polar surface area (TPSA) is 185 Å². The van der Waals surface area contributed by atoms with E-state index in [1.807, 2.05) is 218 Å². The van der Waals surface area contributed by atoms with Gasteiger partial charge in [-0.25, -0.2) is 0 Å². The first-order chi connectivity index (χ1) is 61.8. The van der Waals surface area contributed by atoms with Gasteiger partial charge in [0.25, 0.3) is 0 Å². The Hall–Kier alpha value is -16.3. The second kappa shape index (κ2) is 40.9. The summed E-state index contributed by atoms with van der Waals surface area (Å²) in [5.41, 5.74) is 13.8. The smallest absolute Gasteiger partial charge is 0.193 e. The van der Waals surface area contributed by atoms with E-state index in [9.17, 15) is 28.8 Å². The third-order valence-electron chi connectivity index (χ3n) is 20.8. The summed E-state index contributed by atoms with van der Waals surface area (Å²) in [6.45, 7) is 0.939. The van der Waals surface area contributed by atoms with Gasteiger partial charge in [0, 0.05) is 103 Å². The van der Waals surface area contributed by atoms with Crippen LogP contribution in [-0.4, -0.2) is 34.7 Å². The zero-order valence-electron chi connectivity index (χ0n) is 68.6. The lowest BCUT2D eigenvalue weighted by Crippen LogP contribution is -2.04. The molecule has 0 aliphatic heterocycles. The maximum absolute atomic E-state index is 13.4. The van der Waals surface area contributed by atoms with Crippen molar-refractivity contribution >= 4 is 34.7 Å². The zero-order valence-corrected chi connectivity index (χ0v) is 68.6. The first-order valence-corrected chi connectivity index (χ1v) is 41.2. The van der Waals surface area contributed by atoms with Gasteiger partial charge in [0.05, 0.1) is 0 Å². The first kappa shape index (κ1) is 83.4. The second-order valence-corrected chi connectivity index (χ2v) is 30.0. The monoisotopic (exact) mass is 1660 g/mol. The SMILES string of the molecule is O=C(c1ccccc1)c1ccc(COc2cc(COc3cc(OCc4cc(OCc5ccc(C(=O)c6ccccc6)cc5)cc(OCc5ccc(C(=O)c6ccccc6)cc5)c4)cc(OCc4cc(OCc5ccc(C(=O)c6ccccc6)cc5)cc(OCc5ccc(C(=O)c6ccccc6)cc5)c4)c3)cc(OCc3ccc(C(=O)c4ccccc4)cc3)c2)cc1. The predicted molar refractivity (Wildman–Crippen MR) is 483 cm³/mol. The van der Waals surface area contributed by atoms with Crippen LogP contribution in [0.2, 0.25) is 0 Å². The number of ether oxygens (including phenoxy) is 9. The maximum atomic E-state index is 13.4. The summed E-state index contributed by atoms with van der Waals surface area (Å²) in [7, 11) is 0. The molecular weight excluding hydrogens is 1570 g/mol. The molecule has 0 heterocycles. The third kappa shape index (κ3) is 22.7. The highest BCUT2D eigenvalue weighted by atomic mass is 16.5. The van der Waals surface area contributed by atoms with Crippen LogP contribution in [0, 0.1) is 0 Å². The van der Waals surface area contributed by atoms with Crippen LogP contribution in [0.25, 0.3) is 0 Å². The van der Waals surface area contributed by atoms with E-state index >= 15 is 0 Å². The largest absolute Gasteiger partial charge is 0.489 e. The highest BCUT2D eigenvalue weighted by Crippen LogP contribution is 2.35. The molecule has 0 aliphatic carbocycles. The Morgan fingerprint density at radius 1 is 0.127 bits per heavy atom. The predicted octanol–water partition coefficient (Wildman–Crippen LogP) is 23.3. The van der Waals surface area contributed by atoms with Gasteiger partial charge in [0.15, 0.2) is 34.7 Å². The molecule has 0 N–H and O–H groups in total. The summed E-state index contributed by atoms with van der Waals surface area (Å²) in [5, 5.41) is 0. The van der Waals surface area contributed by atoms with Crippen LogP contribution in [-0.2, 0) is 59.5 Å². The van der Waals surface area contributed by atoms with Crippen LogP contribution in [0.15, 0.2) is 400 Å². The number of ketones is 6. The van der Waals surface area contributed by atoms with Gasteiger partial charge >= 0.3 is 0 Å². The molecule has 0 saturated carbocycles. The minimum Gasteiger partial charge on any atom is -0.489 e. The summed E-state index contributed by atoms with van der Waals surface area (Å²) in [6, 6.07) is 121. The molecule has 0 bridgehead atoms. The third-order valence-corrected chi connectivity index (χ3v) is 20.8. The van der Waals surface area contributed by atoms with Gasteiger partial charge in [-0.05, 0) is 86.5 Å². The van der Waals surface area contributed by atoms with Crippen molar-refractivity contribution in [3.63, 3.8) is 0 Å². The molecule has 15 nitrogen and oxygen atoms in total. The first-order valence-electron chi connectivity index (χ1n) is 41.2. The molecule has 0 radical (unpaired) electrons. The standard InChI is InChI=1S/C111H84O15/c112-106(85-19-7-1-8-20-85)91-43-31-76(32-44-91)67-118-97-55-82(56-98(61-97)119-68-77-33-45-92(46-34-77)107(113)86-21-9-2-10-22-86)73-124-103-64-104(125-74-83-57-99(120-69-78-35-47-93(48-36-78)108(114)87-23-11-3-12-24-87)62-100(58-83)121-70-79-37-49-94(50-38-79)109(115)88-25-13-4-14-26-88)66-105(65-103)126-75-84-59-101(122-71-80-39-51-95(52-40-80)110(116)89-27-15-5-16-28-89)63-102(60-84)123-72-81-41-53-96(54-42-81)111(117)90-29-17-6-18-30-90/h1-66H,67-75H2. The molecular formula is C111H84O15. The number of hydrogen-bond donors (Lipinski definition) is 0. The van der Waals surface area contributed by atoms with Gasteiger partial charge < -0.3 is 42.6 Å². The van der Waals surface area contributed by atoms with Crippen LogP contribution in [0.4, 0.5) is 0 Å². The lowest BCUT2D eigenvalue weighted by Gasteiger charge is -2.17. The summed E-state index contributed by atoms with van der Waals surface area (Å²) >= 11 is 0. The number of rotatable bonds is 39. The zero-order chi connectivity index (χ0) is 86.2. The lowest BCUT2D eigenvalue weighted by atomic mass is 10.0. The summed E-state index contributed by atoms with van der Waals surface area (Å²) in [5.74, 6) is 3.45. The molecule has 16 aromatic carbocycles. The molecule has 0 fully saturated rings. The minimum absolute atomic E-state index is 0.000544. The van der Waals surface area contributed by atoms with Crippen molar-refractivity contribution in [2.75, 3.05) is 0 Å². The van der Waals surface area contributed by atoms with E-state index in [1.54, 1.807) is 182 Å². The van der Waals surface area contributed by atoms with Crippen molar-refractivity contribution < 1.29 is 71.4 Å². The van der Waals surface area contributed by atoms with E-state index in [2.05, 4.69) is 0 Å². The molecule has 16 aromatic rings. The van der Waals surface area contributed by atoms with Crippen LogP contribution in [0.3, 0.4) is 0 Å². The molecule has 0 saturated heterocycles. The fourth-order valence-corrected chi connectivity index (χ4v) is 14.0. The lowest BCUT2D eigenvalue weighted by molar-refractivity contribution is 0.103. The average Bonchev–Trinajstić information content (AvgIpc) is 0.808. The van der Waals surface area contributed by atoms with Crippen LogP contribution in [0.1, 0.15) is 146 Å². The Labute approximate surface area is 730 Å². The van der Waals surface area contributed by atoms with E-state index in [1.165, 1.54) is 0 Å². The molecule has 16 rings (SSSR count). The van der Waals surface area contributed by atoms with E-state index in [4.69, 9.17) is 42.6 Å². The van der Waals surface area contributed by atoms with Crippen molar-refractivity contribution in [2.24, 2.45) is 0 Å². The Kier molecular flexibility index (Phi) is 27.0. The van der Waals surface area contributed by atoms with Crippen molar-refractivity contribution in [2.45, 2.75) is 59.5 Å². The van der Waals surface area contributed by atoms with E-state index in [-0.39, 0.29) is 94.2 Å². The highest BCUT2D eigenvalue weighted by Gasteiger charge is 2.19. The molecule has 0 unspecified atom stereocenters. The van der Waals surface area contributed by atoms with Crippen LogP contribution in [0.5, 0.6) is 51.7 Å². The summed E-state index contributed by atoms with van der Waals surface area (Å²) in [4.78, 5) is 80.4. The Morgan fingerprint density at radius 3 is 0.373 bits per heavy atom. The van der Waals surface area contributed by atoms with E-state index in [0.717, 1.165) is 33.4 Å². The fourth-order valence-electron chi connectivity index (χ4n) is 14.0. The van der Waals surface area contributed by atoms with Crippen molar-refractivity contribution in [3.8, 4) is 51.7 Å². The molecule has 0 aromatic heterocycles. The Balaban J connectivity index is 0.693. The minimum atomic E-state index is -0.0897. The number of carbonyl (C=O) groups excluding carboxylic acids is 6. The normalized spacial score (nSPS) is 10.9. The van der Waals surface area contributed by atoms with E-state index in [0.29, 0.717) is 135 Å². The number of carbonyl (C=O) groups is 6. The van der Waals surface area contributed by atoms with Gasteiger partial charge in [0.2, 0.25) is 0 Å². The molecule has 0 spiro atoms. The molecule has 0 aliphatic rings. The molecule has 126 heavy (non-hydrogen) atoms. The molecule has 618 valence electrons. The van der Waals surface area contributed by atoms with Crippen molar-refractivity contribution in [1.29, 1.82) is 0 Å². The second-order valence-electron chi connectivity index (χ2n) is 30.0. The van der Waals surface area contributed by atoms with Crippen molar-refractivity contribution in [1.82, 2.24) is 0 Å². The molecule has 0 atom stereocenters. The van der Waals surface area contributed by atoms with Gasteiger partial charge in [-0.1, -0.05) is 328 Å². The van der Waals surface area contributed by atoms with E-state index < -0.39 is 0 Å². The number of hydrogen-bond acceptors (Lipinski definition) is 15. The Morgan fingerprint density at radius 2 is 0.238 bits per heavy atom. The van der Waals surface area contributed by atoms with Gasteiger partial charge in [-0.15, -0.1) is 0 Å². The van der Waals surface area contributed by atoms with Crippen LogP contribution < -0.4 is 42.6 Å². The van der Waals surface area contributed by atoms with Crippen molar-refractivity contribution in [3.05, 3.63) is 517 Å². The summed E-state index contributed by atoms with van der Waals surface area (Å²) < 4.78 is 59.7. The summed E-state index contributed by atoms with van der Waals surface area (Å²) in [6.07, 6.45) is 0. The quantitative estimate of drug-likeness (QED) is 0.0331. The molecule has 0 amide bonds. The highest BCUT2D eigenvalue weighted by molar-refractivity contribution is 6.12. The van der Waals surface area contributed by atoms with Gasteiger partial charge in [-0.2, -0.15) is 0 Å². The average molecular weight is 1660 g/mol. The fraction of sp³-hybridized carbons (Fsp3) is 0.0811. The number of benzene rings is 16. The molecule has 15 heteroatoms. The van der Waals surface area contributed by atoms with Crippen LogP contribution >= 0.6 is 0 Å². The Bertz CT molecular complexity index is 5440. The van der Waals surface area contributed by atoms with Gasteiger partial charge in [0.1, 0.15) is 111 Å². The van der Waals surface area contributed by atoms with Gasteiger partial charge in [-0.3, -0.25) is 28.8 Å².